The lowest BCUT2D eigenvalue weighted by Gasteiger charge is -2.30. The number of fused-ring (bicyclic) bond motifs is 1. The molecule has 9 heteroatoms. The van der Waals surface area contributed by atoms with E-state index in [1.165, 1.54) is 0 Å². The SMILES string of the molecule is C=NC1=NC(N(C)CCCN(CC)C(=O)C2CCCO2)=NC2=CC(OC)=C(OC)CC21. The third-order valence-corrected chi connectivity index (χ3v) is 5.85. The van der Waals surface area contributed by atoms with Crippen LogP contribution in [0.3, 0.4) is 0 Å². The summed E-state index contributed by atoms with van der Waals surface area (Å²) in [5.41, 5.74) is 0.834. The van der Waals surface area contributed by atoms with Crippen LogP contribution < -0.4 is 0 Å². The minimum Gasteiger partial charge on any atom is -0.497 e. The van der Waals surface area contributed by atoms with Crippen molar-refractivity contribution in [1.82, 2.24) is 9.80 Å². The average Bonchev–Trinajstić information content (AvgIpc) is 3.34. The van der Waals surface area contributed by atoms with Crippen LogP contribution in [0.2, 0.25) is 0 Å². The molecule has 2 heterocycles. The maximum atomic E-state index is 12.6. The molecule has 170 valence electrons. The number of aliphatic imine (C=N–C) groups is 3. The maximum absolute atomic E-state index is 12.6. The van der Waals surface area contributed by atoms with Crippen molar-refractivity contribution in [3.05, 3.63) is 23.3 Å². The van der Waals surface area contributed by atoms with Gasteiger partial charge in [-0.15, -0.1) is 0 Å². The molecule has 0 aromatic heterocycles. The molecule has 3 rings (SSSR count). The molecule has 2 unspecified atom stereocenters. The van der Waals surface area contributed by atoms with E-state index in [4.69, 9.17) is 19.2 Å². The second kappa shape index (κ2) is 10.6. The number of likely N-dealkylation sites (N-methyl/N-ethyl adjacent to an activating group) is 1. The minimum atomic E-state index is -0.276. The van der Waals surface area contributed by atoms with Gasteiger partial charge in [-0.05, 0) is 32.9 Å². The fourth-order valence-electron chi connectivity index (χ4n) is 4.03. The molecule has 0 aromatic carbocycles. The third-order valence-electron chi connectivity index (χ3n) is 5.85. The predicted octanol–water partition coefficient (Wildman–Crippen LogP) is 2.21. The molecular formula is C22H33N5O4. The van der Waals surface area contributed by atoms with Crippen LogP contribution in [0.25, 0.3) is 0 Å². The molecule has 1 saturated heterocycles. The molecule has 0 bridgehead atoms. The summed E-state index contributed by atoms with van der Waals surface area (Å²) in [4.78, 5) is 29.9. The molecule has 1 amide bonds. The number of methoxy groups -OCH3 is 2. The molecule has 3 aliphatic rings. The molecule has 0 saturated carbocycles. The molecule has 0 spiro atoms. The van der Waals surface area contributed by atoms with Gasteiger partial charge in [0.05, 0.1) is 25.8 Å². The molecular weight excluding hydrogens is 398 g/mol. The van der Waals surface area contributed by atoms with Gasteiger partial charge < -0.3 is 24.0 Å². The number of hydrogen-bond acceptors (Lipinski definition) is 8. The van der Waals surface area contributed by atoms with Crippen molar-refractivity contribution < 1.29 is 19.0 Å². The van der Waals surface area contributed by atoms with Crippen LogP contribution in [0.4, 0.5) is 0 Å². The van der Waals surface area contributed by atoms with E-state index in [1.807, 2.05) is 29.8 Å². The summed E-state index contributed by atoms with van der Waals surface area (Å²) in [7, 11) is 5.18. The lowest BCUT2D eigenvalue weighted by Crippen LogP contribution is -2.40. The van der Waals surface area contributed by atoms with Crippen LogP contribution in [-0.2, 0) is 19.0 Å². The van der Waals surface area contributed by atoms with Crippen molar-refractivity contribution in [3.8, 4) is 0 Å². The van der Waals surface area contributed by atoms with Crippen molar-refractivity contribution in [1.29, 1.82) is 0 Å². The lowest BCUT2D eigenvalue weighted by atomic mass is 9.92. The van der Waals surface area contributed by atoms with Gasteiger partial charge in [0, 0.05) is 45.8 Å². The van der Waals surface area contributed by atoms with Gasteiger partial charge in [-0.3, -0.25) is 4.79 Å². The first-order valence-electron chi connectivity index (χ1n) is 10.8. The number of allylic oxidation sites excluding steroid dienone is 2. The standard InChI is InChI=1S/C22H33N5O4/c1-6-27(21(28)17-9-7-12-31-17)11-8-10-26(3)22-24-16-14-19(30-5)18(29-4)13-15(16)20(23-2)25-22/h14-15,17H,2,6-13H2,1,3-5H3. The van der Waals surface area contributed by atoms with E-state index in [-0.39, 0.29) is 17.9 Å². The number of hydrogen-bond donors (Lipinski definition) is 0. The van der Waals surface area contributed by atoms with Crippen LogP contribution in [-0.4, -0.2) is 87.8 Å². The number of amidine groups is 1. The number of nitrogens with zero attached hydrogens (tertiary/aromatic N) is 5. The van der Waals surface area contributed by atoms with Crippen molar-refractivity contribution in [3.63, 3.8) is 0 Å². The summed E-state index contributed by atoms with van der Waals surface area (Å²) in [5.74, 6) is 2.61. The van der Waals surface area contributed by atoms with E-state index < -0.39 is 0 Å². The van der Waals surface area contributed by atoms with Gasteiger partial charge in [-0.1, -0.05) is 0 Å². The summed E-state index contributed by atoms with van der Waals surface area (Å²) >= 11 is 0. The van der Waals surface area contributed by atoms with Crippen LogP contribution >= 0.6 is 0 Å². The first-order chi connectivity index (χ1) is 15.0. The molecule has 1 aliphatic carbocycles. The highest BCUT2D eigenvalue weighted by Gasteiger charge is 2.33. The van der Waals surface area contributed by atoms with E-state index >= 15 is 0 Å². The number of rotatable bonds is 8. The average molecular weight is 432 g/mol. The fraction of sp³-hybridized carbons (Fsp3) is 0.636. The topological polar surface area (TPSA) is 88.3 Å². The third kappa shape index (κ3) is 5.15. The van der Waals surface area contributed by atoms with Gasteiger partial charge in [-0.25, -0.2) is 9.98 Å². The Kier molecular flexibility index (Phi) is 7.84. The van der Waals surface area contributed by atoms with Gasteiger partial charge in [0.15, 0.2) is 5.76 Å². The molecule has 0 N–H and O–H groups in total. The zero-order chi connectivity index (χ0) is 22.4. The largest absolute Gasteiger partial charge is 0.497 e. The van der Waals surface area contributed by atoms with Crippen LogP contribution in [0, 0.1) is 5.92 Å². The van der Waals surface area contributed by atoms with Crippen LogP contribution in [0.5, 0.6) is 0 Å². The monoisotopic (exact) mass is 431 g/mol. The second-order valence-electron chi connectivity index (χ2n) is 7.76. The number of ether oxygens (including phenoxy) is 3. The van der Waals surface area contributed by atoms with Gasteiger partial charge >= 0.3 is 0 Å². The zero-order valence-corrected chi connectivity index (χ0v) is 19.0. The molecule has 1 fully saturated rings. The highest BCUT2D eigenvalue weighted by atomic mass is 16.5. The number of carbonyl (C=O) groups is 1. The zero-order valence-electron chi connectivity index (χ0n) is 19.0. The lowest BCUT2D eigenvalue weighted by molar-refractivity contribution is -0.140. The van der Waals surface area contributed by atoms with Crippen LogP contribution in [0.1, 0.15) is 32.6 Å². The normalized spacial score (nSPS) is 22.8. The summed E-state index contributed by atoms with van der Waals surface area (Å²) in [5, 5.41) is 0. The van der Waals surface area contributed by atoms with Gasteiger partial charge in [0.1, 0.15) is 17.7 Å². The maximum Gasteiger partial charge on any atom is 0.251 e. The Morgan fingerprint density at radius 1 is 1.32 bits per heavy atom. The van der Waals surface area contributed by atoms with Gasteiger partial charge in [-0.2, -0.15) is 4.99 Å². The number of guanidine groups is 1. The molecule has 2 aliphatic heterocycles. The van der Waals surface area contributed by atoms with Crippen molar-refractivity contribution >= 4 is 24.4 Å². The van der Waals surface area contributed by atoms with E-state index in [0.29, 0.717) is 50.2 Å². The van der Waals surface area contributed by atoms with Crippen molar-refractivity contribution in [2.75, 3.05) is 47.5 Å². The highest BCUT2D eigenvalue weighted by Crippen LogP contribution is 2.34. The molecule has 31 heavy (non-hydrogen) atoms. The minimum absolute atomic E-state index is 0.0943. The molecule has 9 nitrogen and oxygen atoms in total. The summed E-state index contributed by atoms with van der Waals surface area (Å²) in [6.45, 7) is 8.41. The van der Waals surface area contributed by atoms with E-state index in [1.54, 1.807) is 14.2 Å². The van der Waals surface area contributed by atoms with Crippen molar-refractivity contribution in [2.45, 2.75) is 38.7 Å². The molecule has 2 atom stereocenters. The smallest absolute Gasteiger partial charge is 0.251 e. The van der Waals surface area contributed by atoms with E-state index in [9.17, 15) is 4.79 Å². The Morgan fingerprint density at radius 2 is 2.13 bits per heavy atom. The fourth-order valence-corrected chi connectivity index (χ4v) is 4.03. The van der Waals surface area contributed by atoms with E-state index in [2.05, 4.69) is 16.7 Å². The number of carbonyl (C=O) groups excluding carboxylic acids is 1. The Morgan fingerprint density at radius 3 is 2.74 bits per heavy atom. The predicted molar refractivity (Wildman–Crippen MR) is 120 cm³/mol. The van der Waals surface area contributed by atoms with Gasteiger partial charge in [0.2, 0.25) is 5.96 Å². The van der Waals surface area contributed by atoms with Gasteiger partial charge in [0.25, 0.3) is 5.91 Å². The first kappa shape index (κ1) is 23.0. The Labute approximate surface area is 184 Å². The van der Waals surface area contributed by atoms with Crippen molar-refractivity contribution in [2.24, 2.45) is 20.9 Å². The van der Waals surface area contributed by atoms with E-state index in [0.717, 1.165) is 30.7 Å². The Balaban J connectivity index is 1.64. The summed E-state index contributed by atoms with van der Waals surface area (Å²) in [6, 6.07) is 0. The number of amides is 1. The summed E-state index contributed by atoms with van der Waals surface area (Å²) in [6.07, 6.45) is 4.75. The Bertz CT molecular complexity index is 811. The molecule has 0 radical (unpaired) electrons. The Hall–Kier alpha value is -2.68. The molecule has 0 aromatic rings. The quantitative estimate of drug-likeness (QED) is 0.550. The first-order valence-corrected chi connectivity index (χ1v) is 10.8. The second-order valence-corrected chi connectivity index (χ2v) is 7.76. The highest BCUT2D eigenvalue weighted by molar-refractivity contribution is 6.03. The van der Waals surface area contributed by atoms with Crippen LogP contribution in [0.15, 0.2) is 38.3 Å². The summed E-state index contributed by atoms with van der Waals surface area (Å²) < 4.78 is 16.4.